The van der Waals surface area contributed by atoms with Crippen molar-refractivity contribution in [3.05, 3.63) is 52.7 Å². The Hall–Kier alpha value is -2.74. The summed E-state index contributed by atoms with van der Waals surface area (Å²) in [6.07, 6.45) is 0. The molecule has 0 amide bonds. The topological polar surface area (TPSA) is 93.1 Å². The van der Waals surface area contributed by atoms with E-state index >= 15 is 0 Å². The highest BCUT2D eigenvalue weighted by atomic mass is 15.1. The van der Waals surface area contributed by atoms with Gasteiger partial charge < -0.3 is 16.0 Å². The zero-order valence-corrected chi connectivity index (χ0v) is 12.5. The molecule has 5 nitrogen and oxygen atoms in total. The number of hydrogen-bond acceptors (Lipinski definition) is 2. The van der Waals surface area contributed by atoms with Crippen molar-refractivity contribution in [3.63, 3.8) is 0 Å². The van der Waals surface area contributed by atoms with Gasteiger partial charge in [-0.25, -0.2) is 0 Å². The van der Waals surface area contributed by atoms with Crippen molar-refractivity contribution in [3.8, 4) is 6.07 Å². The second-order valence-electron chi connectivity index (χ2n) is 5.01. The lowest BCUT2D eigenvalue weighted by atomic mass is 10.1. The standard InChI is InChI=1S/C16H19N5/c1-10-11(2)21(12(3)13-7-5-4-6-8-13)15(14(10)9-17)20-16(18)19/h4-8,12H,1-3H3,(H4,18,19,20). The number of rotatable bonds is 3. The van der Waals surface area contributed by atoms with E-state index < -0.39 is 0 Å². The van der Waals surface area contributed by atoms with Crippen LogP contribution in [0.25, 0.3) is 0 Å². The van der Waals surface area contributed by atoms with E-state index in [9.17, 15) is 5.26 Å². The lowest BCUT2D eigenvalue weighted by Gasteiger charge is -2.18. The monoisotopic (exact) mass is 281 g/mol. The smallest absolute Gasteiger partial charge is 0.192 e. The maximum absolute atomic E-state index is 9.39. The van der Waals surface area contributed by atoms with Gasteiger partial charge in [-0.05, 0) is 31.9 Å². The van der Waals surface area contributed by atoms with E-state index in [-0.39, 0.29) is 12.0 Å². The summed E-state index contributed by atoms with van der Waals surface area (Å²) in [5, 5.41) is 9.39. The molecule has 0 saturated carbocycles. The minimum absolute atomic E-state index is 0.0325. The number of benzene rings is 1. The van der Waals surface area contributed by atoms with Crippen LogP contribution in [0.2, 0.25) is 0 Å². The van der Waals surface area contributed by atoms with E-state index in [4.69, 9.17) is 11.5 Å². The molecule has 0 bridgehead atoms. The van der Waals surface area contributed by atoms with Gasteiger partial charge in [-0.1, -0.05) is 30.3 Å². The predicted molar refractivity (Wildman–Crippen MR) is 84.3 cm³/mol. The van der Waals surface area contributed by atoms with Gasteiger partial charge in [0.25, 0.3) is 0 Å². The summed E-state index contributed by atoms with van der Waals surface area (Å²) in [5.41, 5.74) is 14.6. The molecule has 0 aliphatic heterocycles. The molecule has 1 aromatic heterocycles. The van der Waals surface area contributed by atoms with E-state index in [2.05, 4.69) is 18.0 Å². The van der Waals surface area contributed by atoms with Crippen molar-refractivity contribution >= 4 is 11.8 Å². The van der Waals surface area contributed by atoms with E-state index in [1.165, 1.54) is 0 Å². The Labute approximate surface area is 124 Å². The largest absolute Gasteiger partial charge is 0.370 e. The number of nitrogens with zero attached hydrogens (tertiary/aromatic N) is 3. The third-order valence-electron chi connectivity index (χ3n) is 3.75. The molecule has 1 unspecified atom stereocenters. The van der Waals surface area contributed by atoms with Crippen LogP contribution in [0, 0.1) is 25.2 Å². The number of guanidine groups is 1. The summed E-state index contributed by atoms with van der Waals surface area (Å²) in [6.45, 7) is 5.95. The molecular weight excluding hydrogens is 262 g/mol. The summed E-state index contributed by atoms with van der Waals surface area (Å²) in [6, 6.07) is 12.3. The summed E-state index contributed by atoms with van der Waals surface area (Å²) < 4.78 is 2.00. The average molecular weight is 281 g/mol. The Kier molecular flexibility index (Phi) is 3.99. The molecule has 0 spiro atoms. The fourth-order valence-electron chi connectivity index (χ4n) is 2.53. The minimum atomic E-state index is -0.0505. The van der Waals surface area contributed by atoms with Crippen LogP contribution >= 0.6 is 0 Å². The maximum Gasteiger partial charge on any atom is 0.192 e. The van der Waals surface area contributed by atoms with E-state index in [1.54, 1.807) is 0 Å². The van der Waals surface area contributed by atoms with Gasteiger partial charge in [0, 0.05) is 5.69 Å². The van der Waals surface area contributed by atoms with Crippen LogP contribution in [0.3, 0.4) is 0 Å². The SMILES string of the molecule is Cc1c(C#N)c(N=C(N)N)n(C(C)c2ccccc2)c1C. The molecule has 1 heterocycles. The van der Waals surface area contributed by atoms with Crippen LogP contribution in [0.1, 0.15) is 35.3 Å². The Morgan fingerprint density at radius 1 is 1.24 bits per heavy atom. The van der Waals surface area contributed by atoms with Crippen LogP contribution in [-0.4, -0.2) is 10.5 Å². The Balaban J connectivity index is 2.69. The normalized spacial score (nSPS) is 11.7. The predicted octanol–water partition coefficient (Wildman–Crippen LogP) is 2.49. The number of aromatic nitrogens is 1. The Morgan fingerprint density at radius 3 is 2.38 bits per heavy atom. The summed E-state index contributed by atoms with van der Waals surface area (Å²) in [5.74, 6) is 0.467. The van der Waals surface area contributed by atoms with Crippen molar-refractivity contribution in [1.82, 2.24) is 4.57 Å². The molecular formula is C16H19N5. The van der Waals surface area contributed by atoms with Crippen molar-refractivity contribution in [2.24, 2.45) is 16.5 Å². The second kappa shape index (κ2) is 5.71. The third-order valence-corrected chi connectivity index (χ3v) is 3.75. The number of aliphatic imine (C=N–C) groups is 1. The van der Waals surface area contributed by atoms with Gasteiger partial charge in [0.05, 0.1) is 11.6 Å². The molecule has 2 aromatic rings. The first kappa shape index (κ1) is 14.7. The highest BCUT2D eigenvalue weighted by molar-refractivity contribution is 5.80. The Morgan fingerprint density at radius 2 is 1.86 bits per heavy atom. The summed E-state index contributed by atoms with van der Waals surface area (Å²) >= 11 is 0. The maximum atomic E-state index is 9.39. The first-order valence-electron chi connectivity index (χ1n) is 6.73. The molecule has 1 atom stereocenters. The van der Waals surface area contributed by atoms with Gasteiger partial charge in [-0.2, -0.15) is 10.3 Å². The highest BCUT2D eigenvalue weighted by Crippen LogP contribution is 2.34. The molecule has 108 valence electrons. The average Bonchev–Trinajstić information content (AvgIpc) is 2.70. The van der Waals surface area contributed by atoms with Gasteiger partial charge in [-0.3, -0.25) is 0 Å². The fraction of sp³-hybridized carbons (Fsp3) is 0.250. The van der Waals surface area contributed by atoms with Crippen molar-refractivity contribution in [2.75, 3.05) is 0 Å². The zero-order valence-electron chi connectivity index (χ0n) is 12.5. The highest BCUT2D eigenvalue weighted by Gasteiger charge is 2.21. The minimum Gasteiger partial charge on any atom is -0.370 e. The van der Waals surface area contributed by atoms with Crippen molar-refractivity contribution in [1.29, 1.82) is 5.26 Å². The van der Waals surface area contributed by atoms with Gasteiger partial charge in [0.15, 0.2) is 11.8 Å². The summed E-state index contributed by atoms with van der Waals surface area (Å²) in [4.78, 5) is 4.17. The lowest BCUT2D eigenvalue weighted by molar-refractivity contribution is 0.628. The number of nitriles is 1. The van der Waals surface area contributed by atoms with Crippen LogP contribution in [0.15, 0.2) is 35.3 Å². The van der Waals surface area contributed by atoms with Gasteiger partial charge in [0.2, 0.25) is 0 Å². The molecule has 0 aliphatic carbocycles. The number of hydrogen-bond donors (Lipinski definition) is 2. The van der Waals surface area contributed by atoms with Crippen LogP contribution in [-0.2, 0) is 0 Å². The molecule has 0 radical (unpaired) electrons. The molecule has 0 fully saturated rings. The molecule has 5 heteroatoms. The summed E-state index contributed by atoms with van der Waals surface area (Å²) in [7, 11) is 0. The second-order valence-corrected chi connectivity index (χ2v) is 5.01. The van der Waals surface area contributed by atoms with E-state index in [0.717, 1.165) is 16.8 Å². The van der Waals surface area contributed by atoms with Gasteiger partial charge in [0.1, 0.15) is 6.07 Å². The van der Waals surface area contributed by atoms with Gasteiger partial charge >= 0.3 is 0 Å². The fourth-order valence-corrected chi connectivity index (χ4v) is 2.53. The van der Waals surface area contributed by atoms with Crippen LogP contribution in [0.5, 0.6) is 0 Å². The molecule has 21 heavy (non-hydrogen) atoms. The Bertz CT molecular complexity index is 715. The first-order valence-corrected chi connectivity index (χ1v) is 6.73. The first-order chi connectivity index (χ1) is 9.97. The molecule has 4 N–H and O–H groups in total. The molecule has 2 rings (SSSR count). The van der Waals surface area contributed by atoms with Crippen LogP contribution < -0.4 is 11.5 Å². The zero-order chi connectivity index (χ0) is 15.6. The van der Waals surface area contributed by atoms with Crippen LogP contribution in [0.4, 0.5) is 5.82 Å². The molecule has 0 saturated heterocycles. The van der Waals surface area contributed by atoms with E-state index in [1.807, 2.05) is 48.7 Å². The quantitative estimate of drug-likeness (QED) is 0.668. The third kappa shape index (κ3) is 2.61. The van der Waals surface area contributed by atoms with Gasteiger partial charge in [-0.15, -0.1) is 0 Å². The van der Waals surface area contributed by atoms with Crippen molar-refractivity contribution < 1.29 is 0 Å². The lowest BCUT2D eigenvalue weighted by Crippen LogP contribution is -2.22. The number of nitrogens with two attached hydrogens (primary N) is 2. The molecule has 0 aliphatic rings. The van der Waals surface area contributed by atoms with E-state index in [0.29, 0.717) is 11.4 Å². The molecule has 1 aromatic carbocycles. The van der Waals surface area contributed by atoms with Crippen molar-refractivity contribution in [2.45, 2.75) is 26.8 Å².